The lowest BCUT2D eigenvalue weighted by molar-refractivity contribution is -0.115. The van der Waals surface area contributed by atoms with E-state index in [0.717, 1.165) is 6.07 Å². The molecule has 6 heteroatoms. The number of amides is 1. The molecule has 108 valence electrons. The monoisotopic (exact) mass is 287 g/mol. The average molecular weight is 287 g/mol. The Kier molecular flexibility index (Phi) is 4.08. The Bertz CT molecular complexity index is 679. The number of phenols is 2. The first kappa shape index (κ1) is 14.4. The van der Waals surface area contributed by atoms with Gasteiger partial charge in [-0.1, -0.05) is 12.1 Å². The molecule has 2 aromatic carbocycles. The van der Waals surface area contributed by atoms with E-state index in [2.05, 4.69) is 5.32 Å². The van der Waals surface area contributed by atoms with Crippen molar-refractivity contribution in [3.63, 3.8) is 0 Å². The molecule has 1 amide bonds. The molecular formula is C15H13NO5. The number of aromatic hydroxyl groups is 2. The Morgan fingerprint density at radius 3 is 2.19 bits per heavy atom. The molecule has 0 saturated carbocycles. The van der Waals surface area contributed by atoms with Gasteiger partial charge in [-0.3, -0.25) is 4.79 Å². The normalized spacial score (nSPS) is 10.1. The van der Waals surface area contributed by atoms with Gasteiger partial charge in [-0.2, -0.15) is 0 Å². The van der Waals surface area contributed by atoms with E-state index >= 15 is 0 Å². The first-order chi connectivity index (χ1) is 9.95. The summed E-state index contributed by atoms with van der Waals surface area (Å²) >= 11 is 0. The van der Waals surface area contributed by atoms with Crippen molar-refractivity contribution in [2.24, 2.45) is 0 Å². The lowest BCUT2D eigenvalue weighted by Crippen LogP contribution is -2.16. The van der Waals surface area contributed by atoms with Crippen molar-refractivity contribution >= 4 is 17.6 Å². The molecule has 0 saturated heterocycles. The minimum Gasteiger partial charge on any atom is -0.508 e. The van der Waals surface area contributed by atoms with Crippen molar-refractivity contribution in [2.45, 2.75) is 6.42 Å². The van der Waals surface area contributed by atoms with Crippen LogP contribution in [0.5, 0.6) is 11.5 Å². The summed E-state index contributed by atoms with van der Waals surface area (Å²) in [6.07, 6.45) is 0.0419. The van der Waals surface area contributed by atoms with Gasteiger partial charge >= 0.3 is 5.97 Å². The quantitative estimate of drug-likeness (QED) is 0.643. The fourth-order valence-corrected chi connectivity index (χ4v) is 1.81. The number of hydrogen-bond donors (Lipinski definition) is 4. The molecule has 0 aliphatic carbocycles. The Morgan fingerprint density at radius 2 is 1.57 bits per heavy atom. The van der Waals surface area contributed by atoms with Crippen LogP contribution in [-0.2, 0) is 11.2 Å². The van der Waals surface area contributed by atoms with Crippen LogP contribution in [0.3, 0.4) is 0 Å². The largest absolute Gasteiger partial charge is 0.508 e. The molecule has 0 heterocycles. The minimum atomic E-state index is -1.24. The second-order valence-electron chi connectivity index (χ2n) is 4.43. The lowest BCUT2D eigenvalue weighted by atomic mass is 10.1. The van der Waals surface area contributed by atoms with E-state index in [1.54, 1.807) is 12.1 Å². The van der Waals surface area contributed by atoms with Gasteiger partial charge in [0.15, 0.2) is 0 Å². The van der Waals surface area contributed by atoms with E-state index in [9.17, 15) is 14.7 Å². The van der Waals surface area contributed by atoms with Crippen LogP contribution < -0.4 is 5.32 Å². The number of carbonyl (C=O) groups is 2. The summed E-state index contributed by atoms with van der Waals surface area (Å²) in [4.78, 5) is 23.0. The predicted molar refractivity (Wildman–Crippen MR) is 75.5 cm³/mol. The molecule has 0 fully saturated rings. The maximum absolute atomic E-state index is 11.9. The van der Waals surface area contributed by atoms with E-state index < -0.39 is 11.9 Å². The fourth-order valence-electron chi connectivity index (χ4n) is 1.81. The average Bonchev–Trinajstić information content (AvgIpc) is 2.43. The van der Waals surface area contributed by atoms with E-state index in [-0.39, 0.29) is 29.2 Å². The zero-order valence-electron chi connectivity index (χ0n) is 10.9. The highest BCUT2D eigenvalue weighted by Gasteiger charge is 2.13. The molecule has 21 heavy (non-hydrogen) atoms. The van der Waals surface area contributed by atoms with Gasteiger partial charge in [0.2, 0.25) is 5.91 Å². The summed E-state index contributed by atoms with van der Waals surface area (Å²) in [5.41, 5.74) is 0.610. The van der Waals surface area contributed by atoms with Crippen molar-refractivity contribution in [2.75, 3.05) is 5.32 Å². The van der Waals surface area contributed by atoms with Crippen LogP contribution in [0.25, 0.3) is 0 Å². The Balaban J connectivity index is 2.12. The van der Waals surface area contributed by atoms with Gasteiger partial charge in [0, 0.05) is 0 Å². The molecular weight excluding hydrogens is 274 g/mol. The van der Waals surface area contributed by atoms with Gasteiger partial charge in [-0.25, -0.2) is 4.79 Å². The first-order valence-electron chi connectivity index (χ1n) is 6.10. The number of nitrogens with one attached hydrogen (secondary N) is 1. The number of hydrogen-bond acceptors (Lipinski definition) is 4. The minimum absolute atomic E-state index is 0.0419. The molecule has 0 bridgehead atoms. The predicted octanol–water partition coefficient (Wildman–Crippen LogP) is 1.98. The van der Waals surface area contributed by atoms with E-state index in [4.69, 9.17) is 10.2 Å². The highest BCUT2D eigenvalue weighted by molar-refractivity contribution is 6.01. The fraction of sp³-hybridized carbons (Fsp3) is 0.0667. The summed E-state index contributed by atoms with van der Waals surface area (Å²) in [6.45, 7) is 0. The lowest BCUT2D eigenvalue weighted by Gasteiger charge is -2.09. The highest BCUT2D eigenvalue weighted by atomic mass is 16.4. The van der Waals surface area contributed by atoms with Crippen LogP contribution in [0, 0.1) is 0 Å². The smallest absolute Gasteiger partial charge is 0.337 e. The van der Waals surface area contributed by atoms with Gasteiger partial charge in [0.1, 0.15) is 11.5 Å². The van der Waals surface area contributed by atoms with Crippen molar-refractivity contribution < 1.29 is 24.9 Å². The molecule has 0 aliphatic heterocycles. The second-order valence-corrected chi connectivity index (χ2v) is 4.43. The van der Waals surface area contributed by atoms with Crippen LogP contribution in [0.2, 0.25) is 0 Å². The Hall–Kier alpha value is -3.02. The number of carboxylic acid groups (broad SMARTS) is 1. The van der Waals surface area contributed by atoms with Crippen molar-refractivity contribution in [3.8, 4) is 11.5 Å². The van der Waals surface area contributed by atoms with Gasteiger partial charge in [0.25, 0.3) is 0 Å². The molecule has 2 aromatic rings. The van der Waals surface area contributed by atoms with Crippen LogP contribution in [0.4, 0.5) is 5.69 Å². The number of phenolic OH excluding ortho intramolecular Hbond substituents is 2. The maximum atomic E-state index is 11.9. The molecule has 0 aliphatic rings. The van der Waals surface area contributed by atoms with Gasteiger partial charge in [0.05, 0.1) is 17.7 Å². The van der Waals surface area contributed by atoms with E-state index in [1.165, 1.54) is 24.3 Å². The van der Waals surface area contributed by atoms with Crippen LogP contribution >= 0.6 is 0 Å². The number of rotatable bonds is 4. The second kappa shape index (κ2) is 5.96. The Labute approximate surface area is 120 Å². The van der Waals surface area contributed by atoms with Crippen LogP contribution in [-0.4, -0.2) is 27.2 Å². The third-order valence-electron chi connectivity index (χ3n) is 2.81. The summed E-state index contributed by atoms with van der Waals surface area (Å²) in [5, 5.41) is 30.0. The zero-order valence-corrected chi connectivity index (χ0v) is 10.9. The molecule has 0 aromatic heterocycles. The van der Waals surface area contributed by atoms with Crippen LogP contribution in [0.1, 0.15) is 15.9 Å². The summed E-state index contributed by atoms with van der Waals surface area (Å²) in [6, 6.07) is 9.82. The standard InChI is InChI=1S/C15H13NO5/c17-10-3-1-9(2-4-10)7-14(19)16-13-6-5-11(18)8-12(13)15(20)21/h1-6,8,17-18H,7H2,(H,16,19)(H,20,21). The SMILES string of the molecule is O=C(Cc1ccc(O)cc1)Nc1ccc(O)cc1C(=O)O. The number of anilines is 1. The van der Waals surface area contributed by atoms with Gasteiger partial charge < -0.3 is 20.6 Å². The molecule has 0 unspecified atom stereocenters. The summed E-state index contributed by atoms with van der Waals surface area (Å²) < 4.78 is 0. The maximum Gasteiger partial charge on any atom is 0.337 e. The molecule has 4 N–H and O–H groups in total. The Morgan fingerprint density at radius 1 is 0.952 bits per heavy atom. The number of carboxylic acids is 1. The first-order valence-corrected chi connectivity index (χ1v) is 6.10. The van der Waals surface area contributed by atoms with Crippen molar-refractivity contribution in [1.82, 2.24) is 0 Å². The third-order valence-corrected chi connectivity index (χ3v) is 2.81. The van der Waals surface area contributed by atoms with Gasteiger partial charge in [-0.05, 0) is 35.9 Å². The van der Waals surface area contributed by atoms with Crippen molar-refractivity contribution in [3.05, 3.63) is 53.6 Å². The number of benzene rings is 2. The number of aromatic carboxylic acids is 1. The molecule has 2 rings (SSSR count). The van der Waals surface area contributed by atoms with Crippen molar-refractivity contribution in [1.29, 1.82) is 0 Å². The van der Waals surface area contributed by atoms with E-state index in [0.29, 0.717) is 5.56 Å². The third kappa shape index (κ3) is 3.73. The highest BCUT2D eigenvalue weighted by Crippen LogP contribution is 2.21. The molecule has 0 radical (unpaired) electrons. The molecule has 0 atom stereocenters. The van der Waals surface area contributed by atoms with Crippen LogP contribution in [0.15, 0.2) is 42.5 Å². The topological polar surface area (TPSA) is 107 Å². The van der Waals surface area contributed by atoms with E-state index in [1.807, 2.05) is 0 Å². The summed E-state index contributed by atoms with van der Waals surface area (Å²) in [7, 11) is 0. The molecule has 0 spiro atoms. The molecule has 6 nitrogen and oxygen atoms in total. The number of carbonyl (C=O) groups excluding carboxylic acids is 1. The van der Waals surface area contributed by atoms with Gasteiger partial charge in [-0.15, -0.1) is 0 Å². The summed E-state index contributed by atoms with van der Waals surface area (Å²) in [5.74, 6) is -1.73. The zero-order chi connectivity index (χ0) is 15.4.